The van der Waals surface area contributed by atoms with E-state index in [4.69, 9.17) is 9.47 Å². The molecule has 0 unspecified atom stereocenters. The van der Waals surface area contributed by atoms with E-state index in [1.807, 2.05) is 6.07 Å². The monoisotopic (exact) mass is 449 g/mol. The van der Waals surface area contributed by atoms with E-state index >= 15 is 0 Å². The van der Waals surface area contributed by atoms with Crippen molar-refractivity contribution in [3.05, 3.63) is 89.5 Å². The highest BCUT2D eigenvalue weighted by Crippen LogP contribution is 2.17. The topological polar surface area (TPSA) is 48.4 Å². The molecule has 0 fully saturated rings. The first-order valence-corrected chi connectivity index (χ1v) is 11.8. The second kappa shape index (κ2) is 13.4. The molecule has 3 rings (SSSR count). The van der Waals surface area contributed by atoms with Gasteiger partial charge >= 0.3 is 5.97 Å². The van der Waals surface area contributed by atoms with E-state index in [2.05, 4.69) is 11.9 Å². The molecule has 0 atom stereocenters. The van der Waals surface area contributed by atoms with Gasteiger partial charge in [-0.1, -0.05) is 51.2 Å². The van der Waals surface area contributed by atoms with Crippen molar-refractivity contribution in [2.24, 2.45) is 0 Å². The van der Waals surface area contributed by atoms with E-state index < -0.39 is 5.97 Å². The summed E-state index contributed by atoms with van der Waals surface area (Å²) in [5, 5.41) is 0. The Morgan fingerprint density at radius 2 is 1.52 bits per heavy atom. The Morgan fingerprint density at radius 1 is 0.818 bits per heavy atom. The minimum Gasteiger partial charge on any atom is -0.494 e. The summed E-state index contributed by atoms with van der Waals surface area (Å²) < 4.78 is 24.2. The standard InChI is InChI=1S/C28H32FNO3/c1-2-3-4-5-6-7-20-32-26-17-11-23(12-18-26)28(31)33-27-19-16-25(30-21-27)15-10-22-8-13-24(29)14-9-22/h8-9,11-14,16-19,21H,2-7,10,15,20H2,1H3. The first kappa shape index (κ1) is 24.4. The molecule has 0 aliphatic heterocycles. The van der Waals surface area contributed by atoms with Gasteiger partial charge in [0.2, 0.25) is 0 Å². The highest BCUT2D eigenvalue weighted by atomic mass is 19.1. The fourth-order valence-corrected chi connectivity index (χ4v) is 3.47. The molecule has 4 nitrogen and oxygen atoms in total. The maximum Gasteiger partial charge on any atom is 0.343 e. The van der Waals surface area contributed by atoms with Crippen molar-refractivity contribution >= 4 is 5.97 Å². The van der Waals surface area contributed by atoms with Crippen molar-refractivity contribution in [3.8, 4) is 11.5 Å². The number of aromatic nitrogens is 1. The van der Waals surface area contributed by atoms with Crippen molar-refractivity contribution in [1.29, 1.82) is 0 Å². The molecule has 0 saturated carbocycles. The van der Waals surface area contributed by atoms with E-state index in [0.717, 1.165) is 36.3 Å². The highest BCUT2D eigenvalue weighted by Gasteiger charge is 2.09. The summed E-state index contributed by atoms with van der Waals surface area (Å²) in [6, 6.07) is 17.1. The molecule has 0 aliphatic carbocycles. The number of unbranched alkanes of at least 4 members (excludes halogenated alkanes) is 5. The van der Waals surface area contributed by atoms with Crippen LogP contribution in [0.3, 0.4) is 0 Å². The van der Waals surface area contributed by atoms with Crippen LogP contribution in [0.1, 0.15) is 67.1 Å². The lowest BCUT2D eigenvalue weighted by molar-refractivity contribution is 0.0734. The van der Waals surface area contributed by atoms with Gasteiger partial charge in [0.25, 0.3) is 0 Å². The lowest BCUT2D eigenvalue weighted by Gasteiger charge is -2.08. The van der Waals surface area contributed by atoms with Gasteiger partial charge in [-0.2, -0.15) is 0 Å². The molecule has 0 aliphatic rings. The third-order valence-corrected chi connectivity index (χ3v) is 5.45. The normalized spacial score (nSPS) is 10.7. The molecule has 1 aromatic heterocycles. The number of aryl methyl sites for hydroxylation is 2. The van der Waals surface area contributed by atoms with Crippen LogP contribution >= 0.6 is 0 Å². The Balaban J connectivity index is 1.40. The summed E-state index contributed by atoms with van der Waals surface area (Å²) in [5.41, 5.74) is 2.39. The van der Waals surface area contributed by atoms with Gasteiger partial charge in [0.1, 0.15) is 17.3 Å². The van der Waals surface area contributed by atoms with Gasteiger partial charge in [-0.25, -0.2) is 9.18 Å². The summed E-state index contributed by atoms with van der Waals surface area (Å²) in [7, 11) is 0. The fraction of sp³-hybridized carbons (Fsp3) is 0.357. The number of rotatable bonds is 13. The number of ether oxygens (including phenoxy) is 2. The van der Waals surface area contributed by atoms with Gasteiger partial charge in [0.05, 0.1) is 18.4 Å². The van der Waals surface area contributed by atoms with Crippen LogP contribution in [-0.4, -0.2) is 17.6 Å². The average Bonchev–Trinajstić information content (AvgIpc) is 2.84. The number of carbonyl (C=O) groups excluding carboxylic acids is 1. The minimum absolute atomic E-state index is 0.238. The van der Waals surface area contributed by atoms with Crippen molar-refractivity contribution in [2.45, 2.75) is 58.3 Å². The van der Waals surface area contributed by atoms with E-state index in [1.54, 1.807) is 48.7 Å². The van der Waals surface area contributed by atoms with Crippen LogP contribution in [0, 0.1) is 5.82 Å². The third-order valence-electron chi connectivity index (χ3n) is 5.45. The smallest absolute Gasteiger partial charge is 0.343 e. The van der Waals surface area contributed by atoms with Crippen molar-refractivity contribution < 1.29 is 18.7 Å². The quantitative estimate of drug-likeness (QED) is 0.209. The second-order valence-electron chi connectivity index (χ2n) is 8.14. The molecular formula is C28H32FNO3. The van der Waals surface area contributed by atoms with Gasteiger partial charge in [-0.05, 0) is 73.4 Å². The first-order chi connectivity index (χ1) is 16.1. The number of hydrogen-bond acceptors (Lipinski definition) is 4. The largest absolute Gasteiger partial charge is 0.494 e. The summed E-state index contributed by atoms with van der Waals surface area (Å²) >= 11 is 0. The summed E-state index contributed by atoms with van der Waals surface area (Å²) in [4.78, 5) is 16.8. The van der Waals surface area contributed by atoms with Crippen LogP contribution in [0.4, 0.5) is 4.39 Å². The van der Waals surface area contributed by atoms with Gasteiger partial charge in [-0.15, -0.1) is 0 Å². The molecular weight excluding hydrogens is 417 g/mol. The number of carbonyl (C=O) groups is 1. The number of hydrogen-bond donors (Lipinski definition) is 0. The second-order valence-corrected chi connectivity index (χ2v) is 8.14. The maximum atomic E-state index is 13.0. The Kier molecular flexibility index (Phi) is 9.89. The summed E-state index contributed by atoms with van der Waals surface area (Å²) in [6.45, 7) is 2.91. The lowest BCUT2D eigenvalue weighted by atomic mass is 10.1. The zero-order chi connectivity index (χ0) is 23.3. The molecule has 3 aromatic rings. The Hall–Kier alpha value is -3.21. The van der Waals surface area contributed by atoms with E-state index in [1.165, 1.54) is 44.2 Å². The SMILES string of the molecule is CCCCCCCCOc1ccc(C(=O)Oc2ccc(CCc3ccc(F)cc3)nc2)cc1. The van der Waals surface area contributed by atoms with Crippen LogP contribution in [0.15, 0.2) is 66.9 Å². The molecule has 0 saturated heterocycles. The number of pyridine rings is 1. The molecule has 0 N–H and O–H groups in total. The maximum absolute atomic E-state index is 13.0. The van der Waals surface area contributed by atoms with E-state index in [0.29, 0.717) is 17.9 Å². The zero-order valence-corrected chi connectivity index (χ0v) is 19.3. The van der Waals surface area contributed by atoms with E-state index in [9.17, 15) is 9.18 Å². The molecule has 33 heavy (non-hydrogen) atoms. The Bertz CT molecular complexity index is 970. The van der Waals surface area contributed by atoms with Gasteiger partial charge < -0.3 is 9.47 Å². The number of nitrogens with zero attached hydrogens (tertiary/aromatic N) is 1. The van der Waals surface area contributed by atoms with Crippen LogP contribution in [0.25, 0.3) is 0 Å². The number of halogens is 1. The molecule has 0 bridgehead atoms. The first-order valence-electron chi connectivity index (χ1n) is 11.8. The lowest BCUT2D eigenvalue weighted by Crippen LogP contribution is -2.09. The van der Waals surface area contributed by atoms with Crippen LogP contribution in [-0.2, 0) is 12.8 Å². The minimum atomic E-state index is -0.432. The van der Waals surface area contributed by atoms with Gasteiger partial charge in [0, 0.05) is 5.69 Å². The molecule has 2 aromatic carbocycles. The number of esters is 1. The predicted octanol–water partition coefficient (Wildman–Crippen LogP) is 6.96. The molecule has 174 valence electrons. The zero-order valence-electron chi connectivity index (χ0n) is 19.3. The Labute approximate surface area is 195 Å². The Morgan fingerprint density at radius 3 is 2.21 bits per heavy atom. The van der Waals surface area contributed by atoms with Crippen molar-refractivity contribution in [1.82, 2.24) is 4.98 Å². The van der Waals surface area contributed by atoms with Crippen molar-refractivity contribution in [2.75, 3.05) is 6.61 Å². The highest BCUT2D eigenvalue weighted by molar-refractivity contribution is 5.91. The van der Waals surface area contributed by atoms with E-state index in [-0.39, 0.29) is 5.82 Å². The summed E-state index contributed by atoms with van der Waals surface area (Å²) in [5.74, 6) is 0.484. The van der Waals surface area contributed by atoms with Crippen LogP contribution in [0.2, 0.25) is 0 Å². The molecule has 0 spiro atoms. The number of benzene rings is 2. The summed E-state index contributed by atoms with van der Waals surface area (Å²) in [6.07, 6.45) is 10.4. The van der Waals surface area contributed by atoms with Crippen molar-refractivity contribution in [3.63, 3.8) is 0 Å². The van der Waals surface area contributed by atoms with Gasteiger partial charge in [-0.3, -0.25) is 4.98 Å². The predicted molar refractivity (Wildman–Crippen MR) is 128 cm³/mol. The third kappa shape index (κ3) is 8.68. The molecule has 1 heterocycles. The van der Waals surface area contributed by atoms with Gasteiger partial charge in [0.15, 0.2) is 0 Å². The molecule has 5 heteroatoms. The van der Waals surface area contributed by atoms with Crippen LogP contribution in [0.5, 0.6) is 11.5 Å². The fourth-order valence-electron chi connectivity index (χ4n) is 3.47. The molecule has 0 amide bonds. The van der Waals surface area contributed by atoms with Crippen LogP contribution < -0.4 is 9.47 Å². The average molecular weight is 450 g/mol. The molecule has 0 radical (unpaired) electrons.